The Labute approximate surface area is 149 Å². The van der Waals surface area contributed by atoms with Crippen molar-refractivity contribution in [1.82, 2.24) is 10.2 Å². The van der Waals surface area contributed by atoms with Gasteiger partial charge in [0.05, 0.1) is 5.84 Å². The van der Waals surface area contributed by atoms with Crippen molar-refractivity contribution in [2.45, 2.75) is 40.5 Å². The molecule has 0 aliphatic rings. The maximum Gasteiger partial charge on any atom is 0.0997 e. The van der Waals surface area contributed by atoms with Crippen LogP contribution in [0.25, 0.3) is 0 Å². The van der Waals surface area contributed by atoms with E-state index < -0.39 is 0 Å². The molecule has 0 aliphatic heterocycles. The van der Waals surface area contributed by atoms with Crippen molar-refractivity contribution in [3.8, 4) is 0 Å². The number of allylic oxidation sites excluding steroid dienone is 3. The second-order valence-electron chi connectivity index (χ2n) is 6.03. The largest absolute Gasteiger partial charge is 0.337 e. The quantitative estimate of drug-likeness (QED) is 0.192. The summed E-state index contributed by atoms with van der Waals surface area (Å²) in [6.07, 6.45) is 12.3. The molecule has 0 rings (SSSR count). The van der Waals surface area contributed by atoms with Crippen molar-refractivity contribution in [2.75, 3.05) is 26.7 Å². The summed E-state index contributed by atoms with van der Waals surface area (Å²) in [4.78, 5) is 6.63. The Morgan fingerprint density at radius 1 is 1.12 bits per heavy atom. The van der Waals surface area contributed by atoms with Crippen LogP contribution < -0.4 is 5.32 Å². The summed E-state index contributed by atoms with van der Waals surface area (Å²) in [5.41, 5.74) is 3.95. The normalized spacial score (nSPS) is 12.8. The van der Waals surface area contributed by atoms with Crippen LogP contribution in [0, 0.1) is 0 Å². The number of rotatable bonds is 11. The van der Waals surface area contributed by atoms with Gasteiger partial charge >= 0.3 is 0 Å². The number of likely N-dealkylation sites (N-methyl/N-ethyl adjacent to an activating group) is 1. The predicted molar refractivity (Wildman–Crippen MR) is 110 cm³/mol. The molecule has 0 radical (unpaired) electrons. The molecule has 0 unspecified atom stereocenters. The zero-order chi connectivity index (χ0) is 18.4. The molecule has 3 nitrogen and oxygen atoms in total. The van der Waals surface area contributed by atoms with E-state index in [9.17, 15) is 0 Å². The standard InChI is InChI=1S/C21H35N3/c1-8-10-14-23-20(6)24(9-2)15-12-11-13-19(5)21(17-22-7)16-18(3)4/h8-9,11,13,16,22H,1-2,10,12,14-15,17H2,3-7H3/b13-11-,21-19-,23-20+. The van der Waals surface area contributed by atoms with Gasteiger partial charge in [0, 0.05) is 19.6 Å². The fourth-order valence-electron chi connectivity index (χ4n) is 2.22. The van der Waals surface area contributed by atoms with E-state index in [-0.39, 0.29) is 0 Å². The van der Waals surface area contributed by atoms with Crippen LogP contribution in [0.1, 0.15) is 40.5 Å². The molecule has 0 aromatic carbocycles. The van der Waals surface area contributed by atoms with Crippen LogP contribution in [0.2, 0.25) is 0 Å². The van der Waals surface area contributed by atoms with Gasteiger partial charge in [0.15, 0.2) is 0 Å². The highest BCUT2D eigenvalue weighted by Crippen LogP contribution is 2.10. The molecule has 0 atom stereocenters. The predicted octanol–water partition coefficient (Wildman–Crippen LogP) is 4.87. The lowest BCUT2D eigenvalue weighted by Gasteiger charge is -2.18. The summed E-state index contributed by atoms with van der Waals surface area (Å²) >= 11 is 0. The topological polar surface area (TPSA) is 27.6 Å². The SMILES string of the molecule is C=CCC/N=C(\C)N(C=C)CC/C=C\C(C)=C(\C=C(C)C)CNC. The first-order chi connectivity index (χ1) is 11.5. The van der Waals surface area contributed by atoms with Crippen molar-refractivity contribution >= 4 is 5.84 Å². The van der Waals surface area contributed by atoms with Crippen molar-refractivity contribution in [1.29, 1.82) is 0 Å². The average molecular weight is 330 g/mol. The maximum absolute atomic E-state index is 4.53. The van der Waals surface area contributed by atoms with E-state index in [0.29, 0.717) is 0 Å². The highest BCUT2D eigenvalue weighted by molar-refractivity contribution is 5.80. The highest BCUT2D eigenvalue weighted by Gasteiger charge is 2.01. The molecule has 1 N–H and O–H groups in total. The third-order valence-electron chi connectivity index (χ3n) is 3.55. The Kier molecular flexibility index (Phi) is 12.5. The molecule has 0 spiro atoms. The number of hydrogen-bond donors (Lipinski definition) is 1. The van der Waals surface area contributed by atoms with Gasteiger partial charge in [-0.05, 0) is 64.9 Å². The second-order valence-corrected chi connectivity index (χ2v) is 6.03. The summed E-state index contributed by atoms with van der Waals surface area (Å²) in [5.74, 6) is 1.01. The van der Waals surface area contributed by atoms with Crippen LogP contribution >= 0.6 is 0 Å². The molecule has 0 aromatic rings. The van der Waals surface area contributed by atoms with Crippen LogP contribution in [0.5, 0.6) is 0 Å². The summed E-state index contributed by atoms with van der Waals surface area (Å²) < 4.78 is 0. The Morgan fingerprint density at radius 2 is 1.83 bits per heavy atom. The van der Waals surface area contributed by atoms with E-state index in [2.05, 4.69) is 67.4 Å². The van der Waals surface area contributed by atoms with E-state index in [0.717, 1.165) is 38.3 Å². The Bertz CT molecular complexity index is 503. The molecule has 134 valence electrons. The van der Waals surface area contributed by atoms with E-state index in [1.165, 1.54) is 16.7 Å². The van der Waals surface area contributed by atoms with Gasteiger partial charge in [-0.2, -0.15) is 0 Å². The van der Waals surface area contributed by atoms with Gasteiger partial charge in [0.2, 0.25) is 0 Å². The number of nitrogens with zero attached hydrogens (tertiary/aromatic N) is 2. The van der Waals surface area contributed by atoms with Gasteiger partial charge in [-0.1, -0.05) is 36.5 Å². The fraction of sp³-hybridized carbons (Fsp3) is 0.476. The molecular formula is C21H35N3. The minimum absolute atomic E-state index is 0.785. The number of aliphatic imine (C=N–C) groups is 1. The minimum atomic E-state index is 0.785. The van der Waals surface area contributed by atoms with Gasteiger partial charge in [-0.3, -0.25) is 4.99 Å². The van der Waals surface area contributed by atoms with Crippen molar-refractivity contribution in [3.05, 3.63) is 60.4 Å². The lowest BCUT2D eigenvalue weighted by Crippen LogP contribution is -2.24. The van der Waals surface area contributed by atoms with Crippen molar-refractivity contribution in [3.63, 3.8) is 0 Å². The Balaban J connectivity index is 4.71. The Hall–Kier alpha value is -1.87. The summed E-state index contributed by atoms with van der Waals surface area (Å²) in [6, 6.07) is 0. The van der Waals surface area contributed by atoms with Gasteiger partial charge in [0.1, 0.15) is 0 Å². The molecular weight excluding hydrogens is 294 g/mol. The van der Waals surface area contributed by atoms with Crippen LogP contribution in [-0.2, 0) is 0 Å². The van der Waals surface area contributed by atoms with Gasteiger partial charge in [-0.15, -0.1) is 6.58 Å². The van der Waals surface area contributed by atoms with E-state index in [1.54, 1.807) is 0 Å². The zero-order valence-electron chi connectivity index (χ0n) is 16.2. The molecule has 0 fully saturated rings. The second kappa shape index (κ2) is 13.6. The summed E-state index contributed by atoms with van der Waals surface area (Å²) in [5, 5.41) is 3.23. The van der Waals surface area contributed by atoms with Crippen molar-refractivity contribution in [2.24, 2.45) is 4.99 Å². The third-order valence-corrected chi connectivity index (χ3v) is 3.55. The zero-order valence-corrected chi connectivity index (χ0v) is 16.2. The minimum Gasteiger partial charge on any atom is -0.337 e. The molecule has 3 heteroatoms. The van der Waals surface area contributed by atoms with Crippen LogP contribution in [-0.4, -0.2) is 37.4 Å². The van der Waals surface area contributed by atoms with Crippen LogP contribution in [0.15, 0.2) is 65.4 Å². The molecule has 0 saturated carbocycles. The van der Waals surface area contributed by atoms with E-state index in [1.807, 2.05) is 26.2 Å². The first kappa shape index (κ1) is 22.1. The first-order valence-electron chi connectivity index (χ1n) is 8.63. The van der Waals surface area contributed by atoms with Gasteiger partial charge in [-0.25, -0.2) is 0 Å². The lowest BCUT2D eigenvalue weighted by molar-refractivity contribution is 0.558. The number of hydrogen-bond acceptors (Lipinski definition) is 2. The van der Waals surface area contributed by atoms with Gasteiger partial charge in [0.25, 0.3) is 0 Å². The average Bonchev–Trinajstić information content (AvgIpc) is 2.54. The summed E-state index contributed by atoms with van der Waals surface area (Å²) in [7, 11) is 1.98. The molecule has 0 aliphatic carbocycles. The fourth-order valence-corrected chi connectivity index (χ4v) is 2.22. The lowest BCUT2D eigenvalue weighted by atomic mass is 10.1. The molecule has 24 heavy (non-hydrogen) atoms. The van der Waals surface area contributed by atoms with E-state index >= 15 is 0 Å². The van der Waals surface area contributed by atoms with Crippen molar-refractivity contribution < 1.29 is 0 Å². The smallest absolute Gasteiger partial charge is 0.0997 e. The molecule has 0 bridgehead atoms. The van der Waals surface area contributed by atoms with E-state index in [4.69, 9.17) is 0 Å². The third kappa shape index (κ3) is 10.0. The highest BCUT2D eigenvalue weighted by atomic mass is 15.2. The number of amidine groups is 1. The Morgan fingerprint density at radius 3 is 2.38 bits per heavy atom. The summed E-state index contributed by atoms with van der Waals surface area (Å²) in [6.45, 7) is 18.6. The maximum atomic E-state index is 4.53. The molecule has 0 aromatic heterocycles. The van der Waals surface area contributed by atoms with Crippen LogP contribution in [0.3, 0.4) is 0 Å². The first-order valence-corrected chi connectivity index (χ1v) is 8.63. The van der Waals surface area contributed by atoms with Gasteiger partial charge < -0.3 is 10.2 Å². The van der Waals surface area contributed by atoms with Crippen LogP contribution in [0.4, 0.5) is 0 Å². The molecule has 0 amide bonds. The molecule has 0 heterocycles. The molecule has 0 saturated heterocycles. The number of nitrogens with one attached hydrogen (secondary N) is 1. The monoisotopic (exact) mass is 329 g/mol.